The Morgan fingerprint density at radius 1 is 1.40 bits per heavy atom. The smallest absolute Gasteiger partial charge is 0.375 e. The fourth-order valence-electron chi connectivity index (χ4n) is 0.822. The molecule has 0 unspecified atom stereocenters. The minimum atomic E-state index is -0.857. The molecule has 2 aromatic heterocycles. The molecule has 2 rings (SSSR count). The molecule has 0 bridgehead atoms. The Kier molecular flexibility index (Phi) is 2.55. The first kappa shape index (κ1) is 9.53. The van der Waals surface area contributed by atoms with E-state index in [0.717, 1.165) is 11.3 Å². The highest BCUT2D eigenvalue weighted by atomic mass is 32.1. The second kappa shape index (κ2) is 4.01. The summed E-state index contributed by atoms with van der Waals surface area (Å²) in [5, 5.41) is 5.06. The number of aromatic nitrogens is 2. The van der Waals surface area contributed by atoms with Crippen LogP contribution in [0.2, 0.25) is 0 Å². The normalized spacial score (nSPS) is 9.87. The van der Waals surface area contributed by atoms with Gasteiger partial charge in [-0.05, 0) is 0 Å². The van der Waals surface area contributed by atoms with Gasteiger partial charge in [0.2, 0.25) is 5.01 Å². The highest BCUT2D eigenvalue weighted by molar-refractivity contribution is 7.11. The van der Waals surface area contributed by atoms with Crippen LogP contribution in [0, 0.1) is 0 Å². The van der Waals surface area contributed by atoms with Crippen LogP contribution in [0.4, 0.5) is 0 Å². The van der Waals surface area contributed by atoms with Crippen molar-refractivity contribution in [2.45, 2.75) is 0 Å². The van der Waals surface area contributed by atoms with Crippen molar-refractivity contribution in [2.24, 2.45) is 0 Å². The minimum absolute atomic E-state index is 0.0556. The van der Waals surface area contributed by atoms with Gasteiger partial charge in [0.15, 0.2) is 5.69 Å². The van der Waals surface area contributed by atoms with Gasteiger partial charge in [-0.2, -0.15) is 0 Å². The van der Waals surface area contributed by atoms with E-state index in [-0.39, 0.29) is 10.7 Å². The van der Waals surface area contributed by atoms with Gasteiger partial charge < -0.3 is 9.26 Å². The van der Waals surface area contributed by atoms with Crippen LogP contribution in [0.25, 0.3) is 0 Å². The van der Waals surface area contributed by atoms with Crippen LogP contribution in [-0.4, -0.2) is 22.1 Å². The molecule has 0 saturated heterocycles. The van der Waals surface area contributed by atoms with Crippen molar-refractivity contribution in [3.8, 4) is 0 Å². The Hall–Kier alpha value is -2.02. The molecule has 0 aliphatic heterocycles. The maximum atomic E-state index is 11.3. The van der Waals surface area contributed by atoms with Crippen molar-refractivity contribution < 1.29 is 18.8 Å². The molecule has 0 aromatic carbocycles. The molecule has 0 amide bonds. The molecular formula is C8H4N2O4S. The van der Waals surface area contributed by atoms with E-state index in [1.54, 1.807) is 5.38 Å². The average Bonchev–Trinajstić information content (AvgIpc) is 2.91. The summed E-state index contributed by atoms with van der Waals surface area (Å²) in [7, 11) is 0. The second-order valence-corrected chi connectivity index (χ2v) is 3.29. The number of hydrogen-bond acceptors (Lipinski definition) is 7. The van der Waals surface area contributed by atoms with Gasteiger partial charge in [-0.25, -0.2) is 14.6 Å². The van der Waals surface area contributed by atoms with E-state index >= 15 is 0 Å². The van der Waals surface area contributed by atoms with Crippen molar-refractivity contribution in [1.29, 1.82) is 0 Å². The van der Waals surface area contributed by atoms with Gasteiger partial charge in [0.25, 0.3) is 0 Å². The molecule has 7 heteroatoms. The van der Waals surface area contributed by atoms with Crippen LogP contribution < -0.4 is 0 Å². The Labute approximate surface area is 87.5 Å². The van der Waals surface area contributed by atoms with Crippen LogP contribution in [0.1, 0.15) is 20.3 Å². The fourth-order valence-corrected chi connectivity index (χ4v) is 1.33. The molecule has 0 fully saturated rings. The van der Waals surface area contributed by atoms with E-state index < -0.39 is 11.9 Å². The van der Waals surface area contributed by atoms with Crippen LogP contribution >= 0.6 is 11.3 Å². The molecule has 0 spiro atoms. The molecule has 0 aliphatic carbocycles. The number of carbonyl (C=O) groups is 2. The zero-order valence-electron chi connectivity index (χ0n) is 7.25. The van der Waals surface area contributed by atoms with E-state index in [2.05, 4.69) is 19.4 Å². The Morgan fingerprint density at radius 2 is 2.27 bits per heavy atom. The van der Waals surface area contributed by atoms with Crippen LogP contribution in [0.3, 0.4) is 0 Å². The van der Waals surface area contributed by atoms with Gasteiger partial charge in [-0.1, -0.05) is 5.16 Å². The van der Waals surface area contributed by atoms with Crippen LogP contribution in [0.5, 0.6) is 0 Å². The molecule has 15 heavy (non-hydrogen) atoms. The largest absolute Gasteiger partial charge is 0.383 e. The first-order valence-corrected chi connectivity index (χ1v) is 4.72. The molecular weight excluding hydrogens is 220 g/mol. The van der Waals surface area contributed by atoms with E-state index in [4.69, 9.17) is 0 Å². The number of nitrogens with zero attached hydrogens (tertiary/aromatic N) is 2. The molecule has 0 N–H and O–H groups in total. The van der Waals surface area contributed by atoms with E-state index in [1.165, 1.54) is 18.5 Å². The summed E-state index contributed by atoms with van der Waals surface area (Å²) in [6, 6.07) is 1.30. The third kappa shape index (κ3) is 2.08. The number of rotatable bonds is 2. The SMILES string of the molecule is O=C(OC(=O)c1nccs1)c1ccon1. The maximum absolute atomic E-state index is 11.3. The Bertz CT molecular complexity index is 419. The zero-order valence-corrected chi connectivity index (χ0v) is 8.06. The predicted octanol–water partition coefficient (Wildman–Crippen LogP) is 1.13. The number of thiazole rings is 1. The van der Waals surface area contributed by atoms with Gasteiger partial charge in [0.05, 0.1) is 0 Å². The second-order valence-electron chi connectivity index (χ2n) is 2.40. The summed E-state index contributed by atoms with van der Waals surface area (Å²) in [4.78, 5) is 26.2. The highest BCUT2D eigenvalue weighted by Gasteiger charge is 2.18. The van der Waals surface area contributed by atoms with Crippen molar-refractivity contribution in [2.75, 3.05) is 0 Å². The lowest BCUT2D eigenvalue weighted by atomic mass is 10.4. The molecule has 0 saturated carbocycles. The van der Waals surface area contributed by atoms with Crippen LogP contribution in [0.15, 0.2) is 28.4 Å². The van der Waals surface area contributed by atoms with Gasteiger partial charge in [0, 0.05) is 17.6 Å². The molecule has 76 valence electrons. The molecule has 0 aliphatic rings. The van der Waals surface area contributed by atoms with Crippen LogP contribution in [-0.2, 0) is 4.74 Å². The van der Waals surface area contributed by atoms with Crippen molar-refractivity contribution in [3.05, 3.63) is 34.6 Å². The lowest BCUT2D eigenvalue weighted by molar-refractivity contribution is 0.0390. The third-order valence-electron chi connectivity index (χ3n) is 1.44. The summed E-state index contributed by atoms with van der Waals surface area (Å²) >= 11 is 1.09. The van der Waals surface area contributed by atoms with Gasteiger partial charge in [-0.3, -0.25) is 0 Å². The molecule has 0 radical (unpaired) electrons. The summed E-state index contributed by atoms with van der Waals surface area (Å²) in [6.45, 7) is 0. The first-order valence-electron chi connectivity index (χ1n) is 3.84. The zero-order chi connectivity index (χ0) is 10.7. The summed E-state index contributed by atoms with van der Waals surface area (Å²) in [6.07, 6.45) is 2.66. The molecule has 0 atom stereocenters. The molecule has 6 nitrogen and oxygen atoms in total. The number of hydrogen-bond donors (Lipinski definition) is 0. The van der Waals surface area contributed by atoms with Crippen molar-refractivity contribution >= 4 is 23.3 Å². The Balaban J connectivity index is 2.04. The summed E-state index contributed by atoms with van der Waals surface area (Å²) in [5.74, 6) is -1.65. The number of ether oxygens (including phenoxy) is 1. The first-order chi connectivity index (χ1) is 7.27. The standard InChI is InChI=1S/C8H4N2O4S/c11-7(5-1-3-13-10-5)14-8(12)6-9-2-4-15-6/h1-4H. The monoisotopic (exact) mass is 224 g/mol. The van der Waals surface area contributed by atoms with E-state index in [0.29, 0.717) is 0 Å². The van der Waals surface area contributed by atoms with Gasteiger partial charge in [0.1, 0.15) is 6.26 Å². The van der Waals surface area contributed by atoms with Crippen molar-refractivity contribution in [1.82, 2.24) is 10.1 Å². The number of esters is 2. The highest BCUT2D eigenvalue weighted by Crippen LogP contribution is 2.07. The lowest BCUT2D eigenvalue weighted by Crippen LogP contribution is -2.12. The van der Waals surface area contributed by atoms with Gasteiger partial charge in [-0.15, -0.1) is 11.3 Å². The lowest BCUT2D eigenvalue weighted by Gasteiger charge is -1.95. The molecule has 2 aromatic rings. The molecule has 2 heterocycles. The van der Waals surface area contributed by atoms with Gasteiger partial charge >= 0.3 is 11.9 Å². The summed E-state index contributed by atoms with van der Waals surface area (Å²) in [5.41, 5.74) is -0.0556. The summed E-state index contributed by atoms with van der Waals surface area (Å²) < 4.78 is 8.92. The van der Waals surface area contributed by atoms with E-state index in [1.807, 2.05) is 0 Å². The van der Waals surface area contributed by atoms with Crippen molar-refractivity contribution in [3.63, 3.8) is 0 Å². The number of carbonyl (C=O) groups excluding carboxylic acids is 2. The maximum Gasteiger partial charge on any atom is 0.375 e. The predicted molar refractivity (Wildman–Crippen MR) is 48.4 cm³/mol. The Morgan fingerprint density at radius 3 is 2.87 bits per heavy atom. The third-order valence-corrected chi connectivity index (χ3v) is 2.19. The fraction of sp³-hybridized carbons (Fsp3) is 0. The quantitative estimate of drug-likeness (QED) is 0.561. The topological polar surface area (TPSA) is 82.3 Å². The average molecular weight is 224 g/mol. The van der Waals surface area contributed by atoms with E-state index in [9.17, 15) is 9.59 Å². The minimum Gasteiger partial charge on any atom is -0.383 e.